The summed E-state index contributed by atoms with van der Waals surface area (Å²) in [5.41, 5.74) is 0.866. The molecule has 4 N–H and O–H groups in total. The van der Waals surface area contributed by atoms with Crippen LogP contribution in [0.5, 0.6) is 5.75 Å². The third-order valence-electron chi connectivity index (χ3n) is 5.70. The lowest BCUT2D eigenvalue weighted by molar-refractivity contribution is -0.463. The van der Waals surface area contributed by atoms with Gasteiger partial charge in [0.05, 0.1) is 19.8 Å². The molecule has 0 unspecified atom stereocenters. The number of carboxylic acids is 1. The largest absolute Gasteiger partial charge is 0.481 e. The fourth-order valence-corrected chi connectivity index (χ4v) is 3.46. The molecule has 0 atom stereocenters. The lowest BCUT2D eigenvalue weighted by atomic mass is 10.1. The van der Waals surface area contributed by atoms with E-state index in [2.05, 4.69) is 0 Å². The second kappa shape index (κ2) is 24.3. The van der Waals surface area contributed by atoms with Crippen LogP contribution in [-0.2, 0) is 25.4 Å². The van der Waals surface area contributed by atoms with Gasteiger partial charge in [-0.1, -0.05) is 48.6 Å². The van der Waals surface area contributed by atoms with E-state index in [-0.39, 0.29) is 46.1 Å². The Morgan fingerprint density at radius 2 is 1.07 bits per heavy atom. The number of hydrogen-bond acceptors (Lipinski definition) is 8. The molecule has 0 aliphatic heterocycles. The van der Waals surface area contributed by atoms with Gasteiger partial charge in [0.2, 0.25) is 0 Å². The Bertz CT molecular complexity index is 774. The monoisotopic (exact) mass is 564 g/mol. The lowest BCUT2D eigenvalue weighted by Gasteiger charge is -2.31. The molecular weight excluding hydrogens is 516 g/mol. The summed E-state index contributed by atoms with van der Waals surface area (Å²) in [5.74, 6) is -0.419. The standard InChI is InChI=1S/C31H48O9/c32-22-10-4-1-7-13-25-37-31(38-26-14-8-2-5-11-23-33,39-27-15-9-3-6-12-24-34)40-29-19-16-28(17-20-29)18-21-30(35)36/h7-9,13-17,19-20,32-34H,1-6,10-12,18,21-27H2,(H,35,36)/b13-7-,14-8-,15-9-. The van der Waals surface area contributed by atoms with Crippen molar-refractivity contribution in [1.82, 2.24) is 0 Å². The molecule has 0 bridgehead atoms. The summed E-state index contributed by atoms with van der Waals surface area (Å²) in [6, 6.07) is 7.04. The molecule has 9 heteroatoms. The normalized spacial score (nSPS) is 12.3. The van der Waals surface area contributed by atoms with Gasteiger partial charge in [0, 0.05) is 26.2 Å². The Labute approximate surface area is 238 Å². The molecule has 0 saturated carbocycles. The number of rotatable bonds is 26. The van der Waals surface area contributed by atoms with Crippen molar-refractivity contribution in [2.45, 2.75) is 76.8 Å². The van der Waals surface area contributed by atoms with Crippen LogP contribution in [0.3, 0.4) is 0 Å². The van der Waals surface area contributed by atoms with Crippen LogP contribution in [0, 0.1) is 0 Å². The van der Waals surface area contributed by atoms with Crippen LogP contribution in [-0.4, -0.2) is 72.2 Å². The Morgan fingerprint density at radius 3 is 1.45 bits per heavy atom. The van der Waals surface area contributed by atoms with Gasteiger partial charge in [-0.05, 0) is 81.9 Å². The predicted molar refractivity (Wildman–Crippen MR) is 154 cm³/mol. The molecule has 0 aliphatic carbocycles. The number of unbranched alkanes of at least 4 members (excludes halogenated alkanes) is 6. The molecule has 0 radical (unpaired) electrons. The molecule has 0 heterocycles. The number of aryl methyl sites for hydroxylation is 1. The summed E-state index contributed by atoms with van der Waals surface area (Å²) in [4.78, 5) is 10.9. The number of benzene rings is 1. The molecule has 226 valence electrons. The molecule has 1 aromatic carbocycles. The lowest BCUT2D eigenvalue weighted by Crippen LogP contribution is -2.45. The fourth-order valence-electron chi connectivity index (χ4n) is 3.46. The second-order valence-electron chi connectivity index (χ2n) is 9.15. The number of carboxylic acid groups (broad SMARTS) is 1. The summed E-state index contributed by atoms with van der Waals surface area (Å²) in [7, 11) is 0. The van der Waals surface area contributed by atoms with E-state index in [9.17, 15) is 4.79 Å². The zero-order valence-electron chi connectivity index (χ0n) is 23.6. The smallest absolute Gasteiger partial charge is 0.461 e. The highest BCUT2D eigenvalue weighted by Crippen LogP contribution is 2.24. The number of aliphatic carboxylic acids is 1. The number of aliphatic hydroxyl groups excluding tert-OH is 3. The van der Waals surface area contributed by atoms with E-state index < -0.39 is 12.1 Å². The van der Waals surface area contributed by atoms with E-state index in [1.165, 1.54) is 0 Å². The van der Waals surface area contributed by atoms with Crippen LogP contribution in [0.1, 0.15) is 69.8 Å². The Hall–Kier alpha value is -2.53. The number of hydrogen-bond donors (Lipinski definition) is 4. The second-order valence-corrected chi connectivity index (χ2v) is 9.15. The highest BCUT2D eigenvalue weighted by molar-refractivity contribution is 5.67. The quantitative estimate of drug-likeness (QED) is 0.0704. The number of allylic oxidation sites excluding steroid dienone is 3. The van der Waals surface area contributed by atoms with Gasteiger partial charge in [0.15, 0.2) is 0 Å². The van der Waals surface area contributed by atoms with Crippen molar-refractivity contribution < 1.29 is 44.2 Å². The van der Waals surface area contributed by atoms with Crippen molar-refractivity contribution >= 4 is 5.97 Å². The number of carbonyl (C=O) groups is 1. The average molecular weight is 565 g/mol. The van der Waals surface area contributed by atoms with Gasteiger partial charge >= 0.3 is 12.1 Å². The van der Waals surface area contributed by atoms with E-state index in [1.54, 1.807) is 24.3 Å². The van der Waals surface area contributed by atoms with Crippen molar-refractivity contribution in [1.29, 1.82) is 0 Å². The molecule has 0 aliphatic rings. The third kappa shape index (κ3) is 18.7. The maximum absolute atomic E-state index is 10.9. The van der Waals surface area contributed by atoms with Crippen molar-refractivity contribution in [3.8, 4) is 5.75 Å². The SMILES string of the molecule is O=C(O)CCc1ccc(OC(OC/C=C\CCCCO)(OC/C=C\CCCCO)OC/C=C\CCCCO)cc1. The van der Waals surface area contributed by atoms with Crippen LogP contribution in [0.4, 0.5) is 0 Å². The number of aliphatic hydroxyl groups is 3. The molecule has 0 spiro atoms. The molecule has 1 rings (SSSR count). The van der Waals surface area contributed by atoms with E-state index in [0.717, 1.165) is 63.4 Å². The minimum Gasteiger partial charge on any atom is -0.481 e. The van der Waals surface area contributed by atoms with Crippen molar-refractivity contribution in [3.63, 3.8) is 0 Å². The molecule has 0 saturated heterocycles. The van der Waals surface area contributed by atoms with Gasteiger partial charge in [-0.15, -0.1) is 0 Å². The minimum absolute atomic E-state index is 0.0411. The van der Waals surface area contributed by atoms with Crippen molar-refractivity contribution in [3.05, 3.63) is 66.3 Å². The summed E-state index contributed by atoms with van der Waals surface area (Å²) in [6.45, 7) is 0.986. The zero-order valence-corrected chi connectivity index (χ0v) is 23.6. The molecule has 0 fully saturated rings. The Morgan fingerprint density at radius 1 is 0.650 bits per heavy atom. The molecule has 0 aromatic heterocycles. The third-order valence-corrected chi connectivity index (χ3v) is 5.70. The summed E-state index contributed by atoms with van der Waals surface area (Å²) in [6.07, 6.45) is 17.3. The molecule has 40 heavy (non-hydrogen) atoms. The van der Waals surface area contributed by atoms with Gasteiger partial charge in [-0.25, -0.2) is 0 Å². The zero-order chi connectivity index (χ0) is 29.2. The van der Waals surface area contributed by atoms with Crippen LogP contribution in [0.2, 0.25) is 0 Å². The summed E-state index contributed by atoms with van der Waals surface area (Å²) < 4.78 is 24.2. The van der Waals surface area contributed by atoms with Crippen LogP contribution < -0.4 is 4.74 Å². The van der Waals surface area contributed by atoms with Gasteiger partial charge in [-0.2, -0.15) is 0 Å². The summed E-state index contributed by atoms with van der Waals surface area (Å²) in [5, 5.41) is 35.8. The van der Waals surface area contributed by atoms with Gasteiger partial charge in [0.25, 0.3) is 0 Å². The minimum atomic E-state index is -1.84. The first kappa shape index (κ1) is 35.5. The average Bonchev–Trinajstić information content (AvgIpc) is 2.95. The van der Waals surface area contributed by atoms with Crippen LogP contribution >= 0.6 is 0 Å². The first-order valence-corrected chi connectivity index (χ1v) is 14.2. The van der Waals surface area contributed by atoms with Gasteiger partial charge < -0.3 is 25.2 Å². The first-order chi connectivity index (χ1) is 19.5. The first-order valence-electron chi connectivity index (χ1n) is 14.2. The van der Waals surface area contributed by atoms with E-state index >= 15 is 0 Å². The Kier molecular flexibility index (Phi) is 21.5. The molecule has 0 amide bonds. The van der Waals surface area contributed by atoms with Gasteiger partial charge in [-0.3, -0.25) is 19.0 Å². The molecule has 9 nitrogen and oxygen atoms in total. The maximum Gasteiger partial charge on any atom is 0.461 e. The summed E-state index contributed by atoms with van der Waals surface area (Å²) >= 11 is 0. The Balaban J connectivity index is 2.99. The van der Waals surface area contributed by atoms with Crippen LogP contribution in [0.25, 0.3) is 0 Å². The van der Waals surface area contributed by atoms with Gasteiger partial charge in [0.1, 0.15) is 5.75 Å². The van der Waals surface area contributed by atoms with E-state index in [1.807, 2.05) is 36.5 Å². The maximum atomic E-state index is 10.9. The highest BCUT2D eigenvalue weighted by Gasteiger charge is 2.37. The van der Waals surface area contributed by atoms with Crippen LogP contribution in [0.15, 0.2) is 60.7 Å². The topological polar surface area (TPSA) is 135 Å². The van der Waals surface area contributed by atoms with E-state index in [0.29, 0.717) is 12.2 Å². The highest BCUT2D eigenvalue weighted by atomic mass is 17.0. The predicted octanol–water partition coefficient (Wildman–Crippen LogP) is 4.90. The van der Waals surface area contributed by atoms with Crippen molar-refractivity contribution in [2.24, 2.45) is 0 Å². The fraction of sp³-hybridized carbons (Fsp3) is 0.581. The molecular formula is C31H48O9. The number of ether oxygens (including phenoxy) is 4. The molecule has 1 aromatic rings. The van der Waals surface area contributed by atoms with Crippen molar-refractivity contribution in [2.75, 3.05) is 39.6 Å². The van der Waals surface area contributed by atoms with E-state index in [4.69, 9.17) is 39.4 Å².